The van der Waals surface area contributed by atoms with Gasteiger partial charge in [-0.3, -0.25) is 28.9 Å². The average molecular weight is 609 g/mol. The molecule has 2 fully saturated rings. The van der Waals surface area contributed by atoms with Crippen LogP contribution < -0.4 is 15.4 Å². The zero-order valence-corrected chi connectivity index (χ0v) is 25.2. The van der Waals surface area contributed by atoms with Crippen LogP contribution in [0.2, 0.25) is 0 Å². The predicted molar refractivity (Wildman–Crippen MR) is 159 cm³/mol. The number of nitrogens with one attached hydrogen (secondary N) is 2. The van der Waals surface area contributed by atoms with Gasteiger partial charge in [0.2, 0.25) is 0 Å². The molecule has 0 saturated heterocycles. The molecule has 0 radical (unpaired) electrons. The molecule has 1 aromatic carbocycles. The molecule has 5 rings (SSSR count). The molecule has 2 saturated carbocycles. The minimum atomic E-state index is -4.08. The summed E-state index contributed by atoms with van der Waals surface area (Å²) in [5, 5.41) is 5.63. The number of Topliss-reactive ketones (excluding diaryl/α,β-unsaturated/α-hetero) is 1. The molecule has 12 heteroatoms. The van der Waals surface area contributed by atoms with E-state index in [1.54, 1.807) is 49.1 Å². The monoisotopic (exact) mass is 608 g/mol. The van der Waals surface area contributed by atoms with Crippen LogP contribution in [-0.4, -0.2) is 53.4 Å². The number of nitrogens with zero attached hydrogens (tertiary/aromatic N) is 2. The number of benzene rings is 1. The van der Waals surface area contributed by atoms with E-state index in [4.69, 9.17) is 9.29 Å². The molecule has 3 N–H and O–H groups in total. The Balaban J connectivity index is 0.000000237. The lowest BCUT2D eigenvalue weighted by Crippen LogP contribution is -2.42. The quantitative estimate of drug-likeness (QED) is 0.308. The summed E-state index contributed by atoms with van der Waals surface area (Å²) in [6.07, 6.45) is 8.68. The van der Waals surface area contributed by atoms with E-state index < -0.39 is 21.3 Å². The second kappa shape index (κ2) is 13.0. The van der Waals surface area contributed by atoms with Crippen LogP contribution in [0.25, 0.3) is 0 Å². The number of amides is 2. The molecule has 2 heterocycles. The number of carbonyl (C=O) groups excluding carboxylic acids is 3. The average Bonchev–Trinajstić information content (AvgIpc) is 3.33. The maximum atomic E-state index is 12.6. The third kappa shape index (κ3) is 7.26. The number of ether oxygens (including phenoxy) is 1. The van der Waals surface area contributed by atoms with Crippen molar-refractivity contribution in [2.24, 2.45) is 16.7 Å². The van der Waals surface area contributed by atoms with Gasteiger partial charge < -0.3 is 15.4 Å². The smallest absolute Gasteiger partial charge is 0.265 e. The molecule has 0 aliphatic heterocycles. The summed E-state index contributed by atoms with van der Waals surface area (Å²) >= 11 is 0. The minimum absolute atomic E-state index is 0.0152. The molecule has 228 valence electrons. The standard InChI is InChI=1S/C21H20N4O3.C10H16O4S/c1-28-19-7-6-17(20(26)24-13-15-4-2-8-22-11-15)10-18(19)21(27)25-14-16-5-3-9-23-12-16;1-9(2)7-3-4-10(9,8(11)5-7)6-15(12,13)14/h2-12H,13-14H2,1H3,(H,24,26)(H,25,27);7H,3-6H2,1-2H3,(H,12,13,14). The molecule has 2 bridgehead atoms. The SMILES string of the molecule is CC1(C)C2CCC1(CS(=O)(=O)O)C(=O)C2.COc1ccc(C(=O)NCc2cccnc2)cc1C(=O)NCc1cccnc1. The van der Waals surface area contributed by atoms with Gasteiger partial charge in [-0.05, 0) is 65.6 Å². The Morgan fingerprint density at radius 2 is 1.60 bits per heavy atom. The predicted octanol–water partition coefficient (Wildman–Crippen LogP) is 3.61. The number of hydrogen-bond donors (Lipinski definition) is 3. The lowest BCUT2D eigenvalue weighted by molar-refractivity contribution is -0.128. The fraction of sp³-hybridized carbons (Fsp3) is 0.387. The van der Waals surface area contributed by atoms with Crippen molar-refractivity contribution in [2.75, 3.05) is 12.9 Å². The fourth-order valence-corrected chi connectivity index (χ4v) is 7.31. The van der Waals surface area contributed by atoms with Gasteiger partial charge in [0.15, 0.2) is 0 Å². The van der Waals surface area contributed by atoms with Crippen molar-refractivity contribution in [3.05, 3.63) is 89.5 Å². The third-order valence-electron chi connectivity index (χ3n) is 8.63. The lowest BCUT2D eigenvalue weighted by atomic mass is 9.70. The molecule has 11 nitrogen and oxygen atoms in total. The van der Waals surface area contributed by atoms with Crippen LogP contribution in [0.1, 0.15) is 65.0 Å². The summed E-state index contributed by atoms with van der Waals surface area (Å²) in [6.45, 7) is 4.57. The van der Waals surface area contributed by atoms with E-state index in [1.807, 2.05) is 26.0 Å². The number of pyridine rings is 2. The molecule has 2 aromatic heterocycles. The van der Waals surface area contributed by atoms with Gasteiger partial charge in [0.1, 0.15) is 11.5 Å². The van der Waals surface area contributed by atoms with E-state index in [0.29, 0.717) is 42.8 Å². The maximum Gasteiger partial charge on any atom is 0.265 e. The van der Waals surface area contributed by atoms with Crippen molar-refractivity contribution in [3.63, 3.8) is 0 Å². The first kappa shape index (κ1) is 31.8. The van der Waals surface area contributed by atoms with E-state index >= 15 is 0 Å². The van der Waals surface area contributed by atoms with E-state index in [-0.39, 0.29) is 28.9 Å². The Kier molecular flexibility index (Phi) is 9.61. The molecular weight excluding hydrogens is 572 g/mol. The van der Waals surface area contributed by atoms with Gasteiger partial charge in [0.05, 0.1) is 23.8 Å². The van der Waals surface area contributed by atoms with E-state index in [9.17, 15) is 22.8 Å². The number of rotatable bonds is 9. The highest BCUT2D eigenvalue weighted by atomic mass is 32.2. The number of hydrogen-bond acceptors (Lipinski definition) is 8. The summed E-state index contributed by atoms with van der Waals surface area (Å²) in [4.78, 5) is 45.0. The van der Waals surface area contributed by atoms with Gasteiger partial charge in [-0.2, -0.15) is 8.42 Å². The molecule has 2 aliphatic carbocycles. The molecule has 43 heavy (non-hydrogen) atoms. The highest BCUT2D eigenvalue weighted by Gasteiger charge is 2.65. The second-order valence-corrected chi connectivity index (χ2v) is 12.8. The van der Waals surface area contributed by atoms with E-state index in [0.717, 1.165) is 17.5 Å². The second-order valence-electron chi connectivity index (χ2n) is 11.4. The molecule has 2 unspecified atom stereocenters. The fourth-order valence-electron chi connectivity index (χ4n) is 6.01. The Morgan fingerprint density at radius 3 is 2.07 bits per heavy atom. The van der Waals surface area contributed by atoms with Crippen LogP contribution in [0.15, 0.2) is 67.3 Å². The van der Waals surface area contributed by atoms with Crippen LogP contribution in [-0.2, 0) is 28.0 Å². The van der Waals surface area contributed by atoms with Crippen LogP contribution in [0, 0.1) is 16.7 Å². The number of methoxy groups -OCH3 is 1. The van der Waals surface area contributed by atoms with Crippen molar-refractivity contribution in [1.82, 2.24) is 20.6 Å². The maximum absolute atomic E-state index is 12.6. The topological polar surface area (TPSA) is 165 Å². The summed E-state index contributed by atoms with van der Waals surface area (Å²) in [6, 6.07) is 12.1. The summed E-state index contributed by atoms with van der Waals surface area (Å²) in [7, 11) is -2.59. The highest BCUT2D eigenvalue weighted by Crippen LogP contribution is 2.64. The van der Waals surface area contributed by atoms with Crippen molar-refractivity contribution in [2.45, 2.75) is 46.2 Å². The van der Waals surface area contributed by atoms with Crippen molar-refractivity contribution < 1.29 is 32.1 Å². The van der Waals surface area contributed by atoms with Gasteiger partial charge >= 0.3 is 0 Å². The van der Waals surface area contributed by atoms with Crippen LogP contribution in [0.5, 0.6) is 5.75 Å². The molecular formula is C31H36N4O7S. The zero-order valence-electron chi connectivity index (χ0n) is 24.4. The minimum Gasteiger partial charge on any atom is -0.496 e. The van der Waals surface area contributed by atoms with Gasteiger partial charge in [-0.15, -0.1) is 0 Å². The Bertz CT molecular complexity index is 1580. The summed E-state index contributed by atoms with van der Waals surface area (Å²) < 4.78 is 36.2. The Labute approximate surface area is 251 Å². The molecule has 0 spiro atoms. The summed E-state index contributed by atoms with van der Waals surface area (Å²) in [5.74, 6) is -0.321. The van der Waals surface area contributed by atoms with Crippen molar-refractivity contribution in [1.29, 1.82) is 0 Å². The molecule has 2 amide bonds. The highest BCUT2D eigenvalue weighted by molar-refractivity contribution is 7.85. The number of aromatic nitrogens is 2. The Hall–Kier alpha value is -4.16. The third-order valence-corrected chi connectivity index (χ3v) is 9.48. The van der Waals surface area contributed by atoms with E-state index in [2.05, 4.69) is 20.6 Å². The number of fused-ring (bicyclic) bond motifs is 2. The first-order valence-corrected chi connectivity index (χ1v) is 15.5. The van der Waals surface area contributed by atoms with Crippen LogP contribution >= 0.6 is 0 Å². The zero-order chi connectivity index (χ0) is 31.3. The normalized spacial score (nSPS) is 20.1. The van der Waals surface area contributed by atoms with Gasteiger partial charge in [0.25, 0.3) is 21.9 Å². The van der Waals surface area contributed by atoms with Crippen molar-refractivity contribution in [3.8, 4) is 5.75 Å². The first-order valence-electron chi connectivity index (χ1n) is 13.9. The van der Waals surface area contributed by atoms with Gasteiger partial charge in [-0.25, -0.2) is 0 Å². The van der Waals surface area contributed by atoms with Crippen LogP contribution in [0.3, 0.4) is 0 Å². The molecule has 2 aliphatic rings. The first-order chi connectivity index (χ1) is 20.4. The van der Waals surface area contributed by atoms with Crippen LogP contribution in [0.4, 0.5) is 0 Å². The lowest BCUT2D eigenvalue weighted by Gasteiger charge is -2.35. The van der Waals surface area contributed by atoms with Gasteiger partial charge in [-0.1, -0.05) is 26.0 Å². The molecule has 2 atom stereocenters. The Morgan fingerprint density at radius 1 is 1.00 bits per heavy atom. The number of carbonyl (C=O) groups is 3. The van der Waals surface area contributed by atoms with Crippen molar-refractivity contribution >= 4 is 27.7 Å². The van der Waals surface area contributed by atoms with Gasteiger partial charge in [0, 0.05) is 49.9 Å². The summed E-state index contributed by atoms with van der Waals surface area (Å²) in [5.41, 5.74) is 1.31. The number of ketones is 1. The van der Waals surface area contributed by atoms with E-state index in [1.165, 1.54) is 13.2 Å². The largest absolute Gasteiger partial charge is 0.496 e. The molecule has 3 aromatic rings.